The molecular weight excluding hydrogens is 300 g/mol. The van der Waals surface area contributed by atoms with E-state index in [-0.39, 0.29) is 6.04 Å². The molecule has 1 aromatic heterocycles. The molecule has 0 spiro atoms. The van der Waals surface area contributed by atoms with Crippen molar-refractivity contribution in [2.45, 2.75) is 44.8 Å². The highest BCUT2D eigenvalue weighted by atomic mass is 16.4. The first kappa shape index (κ1) is 17.1. The van der Waals surface area contributed by atoms with E-state index in [1.165, 1.54) is 50.0 Å². The van der Waals surface area contributed by atoms with Gasteiger partial charge in [0.2, 0.25) is 0 Å². The van der Waals surface area contributed by atoms with Crippen molar-refractivity contribution < 1.29 is 9.52 Å². The Morgan fingerprint density at radius 1 is 1.08 bits per heavy atom. The van der Waals surface area contributed by atoms with Crippen LogP contribution in [0.5, 0.6) is 0 Å². The topological polar surface area (TPSA) is 48.6 Å². The summed E-state index contributed by atoms with van der Waals surface area (Å²) in [7, 11) is 0. The monoisotopic (exact) mass is 328 g/mol. The standard InChI is InChI=1S/C20H28N2O2/c1-16(21-15-19(23)20-7-6-14-24-20)17-8-10-18(11-9-17)22-12-4-2-3-5-13-22/h6-11,14,16,19,21,23H,2-5,12-13,15H2,1H3. The fraction of sp³-hybridized carbons (Fsp3) is 0.500. The molecule has 2 heterocycles. The smallest absolute Gasteiger partial charge is 0.133 e. The predicted octanol–water partition coefficient (Wildman–Crippen LogP) is 4.04. The molecule has 4 nitrogen and oxygen atoms in total. The molecule has 1 aromatic carbocycles. The molecule has 2 N–H and O–H groups in total. The van der Waals surface area contributed by atoms with E-state index >= 15 is 0 Å². The zero-order valence-corrected chi connectivity index (χ0v) is 14.4. The quantitative estimate of drug-likeness (QED) is 0.840. The summed E-state index contributed by atoms with van der Waals surface area (Å²) in [4.78, 5) is 2.50. The molecule has 2 aromatic rings. The zero-order chi connectivity index (χ0) is 16.8. The van der Waals surface area contributed by atoms with Crippen molar-refractivity contribution in [1.82, 2.24) is 5.32 Å². The number of nitrogens with zero attached hydrogens (tertiary/aromatic N) is 1. The molecule has 130 valence electrons. The molecule has 0 saturated carbocycles. The summed E-state index contributed by atoms with van der Waals surface area (Å²) in [5.74, 6) is 0.603. The third kappa shape index (κ3) is 4.40. The fourth-order valence-electron chi connectivity index (χ4n) is 3.29. The lowest BCUT2D eigenvalue weighted by molar-refractivity contribution is 0.144. The largest absolute Gasteiger partial charge is 0.467 e. The summed E-state index contributed by atoms with van der Waals surface area (Å²) in [5.41, 5.74) is 2.56. The Morgan fingerprint density at radius 2 is 1.79 bits per heavy atom. The SMILES string of the molecule is CC(NCC(O)c1ccco1)c1ccc(N2CCCCCC2)cc1. The molecule has 1 aliphatic heterocycles. The van der Waals surface area contributed by atoms with Gasteiger partial charge in [-0.1, -0.05) is 25.0 Å². The van der Waals surface area contributed by atoms with Crippen molar-refractivity contribution >= 4 is 5.69 Å². The van der Waals surface area contributed by atoms with Gasteiger partial charge in [0.25, 0.3) is 0 Å². The Kier molecular flexibility index (Phi) is 5.94. The summed E-state index contributed by atoms with van der Waals surface area (Å²) in [6, 6.07) is 12.6. The van der Waals surface area contributed by atoms with Crippen LogP contribution in [0.25, 0.3) is 0 Å². The Balaban J connectivity index is 1.54. The van der Waals surface area contributed by atoms with Crippen LogP contribution in [-0.2, 0) is 0 Å². The van der Waals surface area contributed by atoms with Crippen LogP contribution in [0, 0.1) is 0 Å². The zero-order valence-electron chi connectivity index (χ0n) is 14.4. The van der Waals surface area contributed by atoms with E-state index in [0.717, 1.165) is 0 Å². The number of anilines is 1. The predicted molar refractivity (Wildman–Crippen MR) is 97.2 cm³/mol. The van der Waals surface area contributed by atoms with E-state index in [4.69, 9.17) is 4.42 Å². The molecule has 2 atom stereocenters. The highest BCUT2D eigenvalue weighted by molar-refractivity contribution is 5.48. The number of hydrogen-bond donors (Lipinski definition) is 2. The number of aliphatic hydroxyl groups excluding tert-OH is 1. The highest BCUT2D eigenvalue weighted by Gasteiger charge is 2.14. The minimum Gasteiger partial charge on any atom is -0.467 e. The van der Waals surface area contributed by atoms with Crippen molar-refractivity contribution in [1.29, 1.82) is 0 Å². The Labute approximate surface area is 144 Å². The minimum absolute atomic E-state index is 0.188. The van der Waals surface area contributed by atoms with Crippen molar-refractivity contribution in [2.24, 2.45) is 0 Å². The Morgan fingerprint density at radius 3 is 2.42 bits per heavy atom. The van der Waals surface area contributed by atoms with Crippen LogP contribution in [0.2, 0.25) is 0 Å². The molecule has 1 aliphatic rings. The number of benzene rings is 1. The number of hydrogen-bond acceptors (Lipinski definition) is 4. The van der Waals surface area contributed by atoms with Crippen LogP contribution < -0.4 is 10.2 Å². The molecule has 0 amide bonds. The highest BCUT2D eigenvalue weighted by Crippen LogP contribution is 2.22. The molecule has 3 rings (SSSR count). The summed E-state index contributed by atoms with van der Waals surface area (Å²) < 4.78 is 5.23. The first-order valence-electron chi connectivity index (χ1n) is 9.04. The average molecular weight is 328 g/mol. The normalized spacial score (nSPS) is 18.2. The van der Waals surface area contributed by atoms with Crippen molar-refractivity contribution in [3.8, 4) is 0 Å². The van der Waals surface area contributed by atoms with Crippen LogP contribution in [0.15, 0.2) is 47.1 Å². The van der Waals surface area contributed by atoms with Crippen LogP contribution in [0.3, 0.4) is 0 Å². The summed E-state index contributed by atoms with van der Waals surface area (Å²) in [6.45, 7) is 4.93. The molecule has 0 aliphatic carbocycles. The second-order valence-corrected chi connectivity index (χ2v) is 6.65. The van der Waals surface area contributed by atoms with E-state index in [0.29, 0.717) is 12.3 Å². The maximum absolute atomic E-state index is 10.1. The van der Waals surface area contributed by atoms with Gasteiger partial charge < -0.3 is 19.7 Å². The number of nitrogens with one attached hydrogen (secondary N) is 1. The van der Waals surface area contributed by atoms with Gasteiger partial charge in [-0.25, -0.2) is 0 Å². The molecule has 4 heteroatoms. The molecule has 1 fully saturated rings. The Hall–Kier alpha value is -1.78. The Bertz CT molecular complexity index is 587. The second kappa shape index (κ2) is 8.36. The van der Waals surface area contributed by atoms with Crippen LogP contribution in [-0.4, -0.2) is 24.7 Å². The third-order valence-electron chi connectivity index (χ3n) is 4.85. The molecular formula is C20H28N2O2. The fourth-order valence-corrected chi connectivity index (χ4v) is 3.29. The number of furan rings is 1. The molecule has 0 bridgehead atoms. The van der Waals surface area contributed by atoms with Crippen LogP contribution >= 0.6 is 0 Å². The second-order valence-electron chi connectivity index (χ2n) is 6.65. The summed E-state index contributed by atoms with van der Waals surface area (Å²) in [6.07, 6.45) is 6.28. The lowest BCUT2D eigenvalue weighted by Gasteiger charge is -2.23. The van der Waals surface area contributed by atoms with E-state index in [9.17, 15) is 5.11 Å². The van der Waals surface area contributed by atoms with Gasteiger partial charge in [0.05, 0.1) is 6.26 Å². The van der Waals surface area contributed by atoms with Gasteiger partial charge in [-0.2, -0.15) is 0 Å². The molecule has 1 saturated heterocycles. The van der Waals surface area contributed by atoms with Gasteiger partial charge in [0, 0.05) is 31.4 Å². The van der Waals surface area contributed by atoms with Gasteiger partial charge in [0.15, 0.2) is 0 Å². The van der Waals surface area contributed by atoms with Gasteiger partial charge >= 0.3 is 0 Å². The van der Waals surface area contributed by atoms with Crippen LogP contribution in [0.4, 0.5) is 5.69 Å². The van der Waals surface area contributed by atoms with Gasteiger partial charge in [-0.3, -0.25) is 0 Å². The first-order valence-corrected chi connectivity index (χ1v) is 9.04. The van der Waals surface area contributed by atoms with Gasteiger partial charge in [-0.05, 0) is 49.6 Å². The number of aliphatic hydroxyl groups is 1. The van der Waals surface area contributed by atoms with Gasteiger partial charge in [-0.15, -0.1) is 0 Å². The maximum atomic E-state index is 10.1. The third-order valence-corrected chi connectivity index (χ3v) is 4.85. The molecule has 24 heavy (non-hydrogen) atoms. The lowest BCUT2D eigenvalue weighted by atomic mass is 10.1. The van der Waals surface area contributed by atoms with Crippen molar-refractivity contribution in [2.75, 3.05) is 24.5 Å². The van der Waals surface area contributed by atoms with E-state index in [1.807, 2.05) is 0 Å². The molecule has 2 unspecified atom stereocenters. The molecule has 0 radical (unpaired) electrons. The first-order chi connectivity index (χ1) is 11.7. The maximum Gasteiger partial charge on any atom is 0.133 e. The summed E-state index contributed by atoms with van der Waals surface area (Å²) in [5, 5.41) is 13.5. The lowest BCUT2D eigenvalue weighted by Crippen LogP contribution is -2.25. The van der Waals surface area contributed by atoms with E-state index in [1.54, 1.807) is 18.4 Å². The van der Waals surface area contributed by atoms with E-state index in [2.05, 4.69) is 41.4 Å². The summed E-state index contributed by atoms with van der Waals surface area (Å²) >= 11 is 0. The van der Waals surface area contributed by atoms with Crippen molar-refractivity contribution in [3.05, 3.63) is 54.0 Å². The van der Waals surface area contributed by atoms with Crippen LogP contribution in [0.1, 0.15) is 56.1 Å². The minimum atomic E-state index is -0.612. The average Bonchev–Trinajstić information content (AvgIpc) is 3.02. The number of rotatable bonds is 6. The van der Waals surface area contributed by atoms with Gasteiger partial charge in [0.1, 0.15) is 11.9 Å². The van der Waals surface area contributed by atoms with E-state index < -0.39 is 6.10 Å². The van der Waals surface area contributed by atoms with Crippen molar-refractivity contribution in [3.63, 3.8) is 0 Å².